The molecule has 1 N–H and O–H groups in total. The lowest BCUT2D eigenvalue weighted by Gasteiger charge is -2.18. The standard InChI is InChI=1S/C28H52O/c1-3-20-26(21-4-2)22-17-15-13-11-9-7-5-6-8-10-12-14-16-18-25-28(29)27-23-19-24-27/h20,29H,3-19,21-25H2,1-2H3/b26-20-. The van der Waals surface area contributed by atoms with Gasteiger partial charge in [0.1, 0.15) is 0 Å². The van der Waals surface area contributed by atoms with Crippen molar-refractivity contribution in [1.82, 2.24) is 0 Å². The molecule has 0 amide bonds. The predicted octanol–water partition coefficient (Wildman–Crippen LogP) is 10.4. The second kappa shape index (κ2) is 19.3. The summed E-state index contributed by atoms with van der Waals surface area (Å²) in [5.41, 5.74) is 3.05. The van der Waals surface area contributed by atoms with E-state index >= 15 is 0 Å². The second-order valence-electron chi connectivity index (χ2n) is 9.37. The van der Waals surface area contributed by atoms with Crippen molar-refractivity contribution < 1.29 is 5.11 Å². The summed E-state index contributed by atoms with van der Waals surface area (Å²) >= 11 is 0. The summed E-state index contributed by atoms with van der Waals surface area (Å²) < 4.78 is 0. The fraction of sp³-hybridized carbons (Fsp3) is 0.857. The van der Waals surface area contributed by atoms with Crippen molar-refractivity contribution in [3.8, 4) is 0 Å². The number of aliphatic hydroxyl groups excluding tert-OH is 1. The topological polar surface area (TPSA) is 20.2 Å². The molecule has 0 aromatic heterocycles. The van der Waals surface area contributed by atoms with Crippen LogP contribution in [0.2, 0.25) is 0 Å². The van der Waals surface area contributed by atoms with Crippen LogP contribution in [0.3, 0.4) is 0 Å². The Morgan fingerprint density at radius 2 is 1.10 bits per heavy atom. The van der Waals surface area contributed by atoms with Crippen LogP contribution >= 0.6 is 0 Å². The van der Waals surface area contributed by atoms with E-state index in [4.69, 9.17) is 0 Å². The van der Waals surface area contributed by atoms with Gasteiger partial charge in [0.15, 0.2) is 0 Å². The van der Waals surface area contributed by atoms with E-state index in [1.165, 1.54) is 128 Å². The van der Waals surface area contributed by atoms with Gasteiger partial charge in [-0.3, -0.25) is 0 Å². The van der Waals surface area contributed by atoms with Crippen molar-refractivity contribution in [2.24, 2.45) is 0 Å². The molecular weight excluding hydrogens is 352 g/mol. The maximum atomic E-state index is 9.91. The number of allylic oxidation sites excluding steroid dienone is 4. The first-order chi connectivity index (χ1) is 14.3. The molecule has 170 valence electrons. The molecule has 0 atom stereocenters. The van der Waals surface area contributed by atoms with Crippen LogP contribution in [0.4, 0.5) is 0 Å². The Balaban J connectivity index is 1.75. The van der Waals surface area contributed by atoms with Gasteiger partial charge in [-0.2, -0.15) is 0 Å². The third kappa shape index (κ3) is 14.8. The summed E-state index contributed by atoms with van der Waals surface area (Å²) in [5, 5.41) is 9.91. The monoisotopic (exact) mass is 404 g/mol. The van der Waals surface area contributed by atoms with Crippen LogP contribution in [0.25, 0.3) is 0 Å². The van der Waals surface area contributed by atoms with Crippen molar-refractivity contribution in [3.63, 3.8) is 0 Å². The van der Waals surface area contributed by atoms with Crippen LogP contribution in [0, 0.1) is 0 Å². The lowest BCUT2D eigenvalue weighted by molar-refractivity contribution is 0.357. The van der Waals surface area contributed by atoms with Gasteiger partial charge in [-0.25, -0.2) is 0 Å². The van der Waals surface area contributed by atoms with Gasteiger partial charge >= 0.3 is 0 Å². The van der Waals surface area contributed by atoms with E-state index in [0.717, 1.165) is 25.0 Å². The van der Waals surface area contributed by atoms with Crippen LogP contribution in [0.15, 0.2) is 23.0 Å². The molecule has 0 bridgehead atoms. The molecule has 0 radical (unpaired) electrons. The van der Waals surface area contributed by atoms with Crippen molar-refractivity contribution in [2.45, 2.75) is 155 Å². The third-order valence-electron chi connectivity index (χ3n) is 6.59. The molecular formula is C28H52O. The number of rotatable bonds is 20. The first-order valence-corrected chi connectivity index (χ1v) is 13.4. The van der Waals surface area contributed by atoms with Crippen molar-refractivity contribution >= 4 is 0 Å². The Morgan fingerprint density at radius 3 is 1.48 bits per heavy atom. The SMILES string of the molecule is CC/C=C(/CCC)CCCCCCCCCCCCCCCCC(O)=C1CCC1. The first-order valence-electron chi connectivity index (χ1n) is 13.4. The fourth-order valence-corrected chi connectivity index (χ4v) is 4.52. The minimum atomic E-state index is 0.728. The average Bonchev–Trinajstić information content (AvgIpc) is 2.66. The maximum absolute atomic E-state index is 9.91. The Bertz CT molecular complexity index is 426. The van der Waals surface area contributed by atoms with Gasteiger partial charge in [0, 0.05) is 6.42 Å². The molecule has 1 fully saturated rings. The van der Waals surface area contributed by atoms with Crippen LogP contribution < -0.4 is 0 Å². The Morgan fingerprint density at radius 1 is 0.655 bits per heavy atom. The van der Waals surface area contributed by atoms with E-state index in [1.807, 2.05) is 0 Å². The predicted molar refractivity (Wildman–Crippen MR) is 131 cm³/mol. The van der Waals surface area contributed by atoms with Crippen molar-refractivity contribution in [1.29, 1.82) is 0 Å². The summed E-state index contributed by atoms with van der Waals surface area (Å²) in [6, 6.07) is 0. The highest BCUT2D eigenvalue weighted by Crippen LogP contribution is 2.29. The minimum Gasteiger partial charge on any atom is -0.512 e. The highest BCUT2D eigenvalue weighted by Gasteiger charge is 2.13. The lowest BCUT2D eigenvalue weighted by Crippen LogP contribution is -2.01. The molecule has 0 heterocycles. The van der Waals surface area contributed by atoms with E-state index in [1.54, 1.807) is 5.57 Å². The molecule has 0 unspecified atom stereocenters. The smallest absolute Gasteiger partial charge is 0.0914 e. The van der Waals surface area contributed by atoms with Crippen LogP contribution in [-0.2, 0) is 0 Å². The molecule has 0 aromatic rings. The highest BCUT2D eigenvalue weighted by molar-refractivity contribution is 5.13. The number of aliphatic hydroxyl groups is 1. The summed E-state index contributed by atoms with van der Waals surface area (Å²) in [6.45, 7) is 4.56. The molecule has 1 saturated carbocycles. The molecule has 0 saturated heterocycles. The van der Waals surface area contributed by atoms with Gasteiger partial charge in [-0.15, -0.1) is 0 Å². The third-order valence-corrected chi connectivity index (χ3v) is 6.59. The van der Waals surface area contributed by atoms with Crippen LogP contribution in [0.5, 0.6) is 0 Å². The lowest BCUT2D eigenvalue weighted by atomic mass is 9.90. The van der Waals surface area contributed by atoms with E-state index in [-0.39, 0.29) is 0 Å². The largest absolute Gasteiger partial charge is 0.512 e. The molecule has 1 rings (SSSR count). The molecule has 0 spiro atoms. The molecule has 1 heteroatoms. The van der Waals surface area contributed by atoms with E-state index < -0.39 is 0 Å². The van der Waals surface area contributed by atoms with E-state index in [2.05, 4.69) is 19.9 Å². The molecule has 29 heavy (non-hydrogen) atoms. The molecule has 1 nitrogen and oxygen atoms in total. The zero-order valence-corrected chi connectivity index (χ0v) is 20.1. The molecule has 0 aromatic carbocycles. The number of hydrogen-bond donors (Lipinski definition) is 1. The first kappa shape index (κ1) is 26.3. The Hall–Kier alpha value is -0.720. The molecule has 1 aliphatic rings. The number of unbranched alkanes of at least 4 members (excludes halogenated alkanes) is 13. The van der Waals surface area contributed by atoms with E-state index in [0.29, 0.717) is 0 Å². The van der Waals surface area contributed by atoms with Crippen molar-refractivity contribution in [2.75, 3.05) is 0 Å². The Labute approximate surface area is 183 Å². The maximum Gasteiger partial charge on any atom is 0.0914 e. The van der Waals surface area contributed by atoms with Crippen LogP contribution in [-0.4, -0.2) is 5.11 Å². The zero-order valence-electron chi connectivity index (χ0n) is 20.1. The summed E-state index contributed by atoms with van der Waals surface area (Å²) in [6.07, 6.45) is 31.8. The normalized spacial score (nSPS) is 14.3. The average molecular weight is 405 g/mol. The van der Waals surface area contributed by atoms with Crippen molar-refractivity contribution in [3.05, 3.63) is 23.0 Å². The van der Waals surface area contributed by atoms with Gasteiger partial charge < -0.3 is 5.11 Å². The van der Waals surface area contributed by atoms with Gasteiger partial charge in [0.2, 0.25) is 0 Å². The quantitative estimate of drug-likeness (QED) is 0.121. The van der Waals surface area contributed by atoms with E-state index in [9.17, 15) is 5.11 Å². The van der Waals surface area contributed by atoms with Gasteiger partial charge in [-0.1, -0.05) is 109 Å². The molecule has 1 aliphatic carbocycles. The fourth-order valence-electron chi connectivity index (χ4n) is 4.52. The summed E-state index contributed by atoms with van der Waals surface area (Å²) in [7, 11) is 0. The second-order valence-corrected chi connectivity index (χ2v) is 9.37. The van der Waals surface area contributed by atoms with Crippen LogP contribution in [0.1, 0.15) is 155 Å². The zero-order chi connectivity index (χ0) is 21.0. The summed E-state index contributed by atoms with van der Waals surface area (Å²) in [4.78, 5) is 0. The van der Waals surface area contributed by atoms with Gasteiger partial charge in [-0.05, 0) is 56.9 Å². The molecule has 0 aliphatic heterocycles. The minimum absolute atomic E-state index is 0.728. The number of hydrogen-bond acceptors (Lipinski definition) is 1. The highest BCUT2D eigenvalue weighted by atomic mass is 16.3. The van der Waals surface area contributed by atoms with Gasteiger partial charge in [0.25, 0.3) is 0 Å². The van der Waals surface area contributed by atoms with Gasteiger partial charge in [0.05, 0.1) is 5.76 Å². The summed E-state index contributed by atoms with van der Waals surface area (Å²) in [5.74, 6) is 0.728. The Kier molecular flexibility index (Phi) is 17.5.